The van der Waals surface area contributed by atoms with Gasteiger partial charge >= 0.3 is 0 Å². The van der Waals surface area contributed by atoms with Crippen LogP contribution in [0.2, 0.25) is 0 Å². The van der Waals surface area contributed by atoms with Crippen LogP contribution in [0.4, 0.5) is 10.1 Å². The number of carbonyl (C=O) groups is 1. The van der Waals surface area contributed by atoms with E-state index < -0.39 is 16.5 Å². The summed E-state index contributed by atoms with van der Waals surface area (Å²) in [6, 6.07) is 16.2. The molecule has 0 unspecified atom stereocenters. The van der Waals surface area contributed by atoms with Gasteiger partial charge < -0.3 is 14.2 Å². The molecule has 1 amide bonds. The number of nitriles is 1. The lowest BCUT2D eigenvalue weighted by Crippen LogP contribution is -2.56. The van der Waals surface area contributed by atoms with E-state index in [-0.39, 0.29) is 30.9 Å². The van der Waals surface area contributed by atoms with Gasteiger partial charge in [0, 0.05) is 49.9 Å². The Morgan fingerprint density at radius 3 is 2.68 bits per heavy atom. The lowest BCUT2D eigenvalue weighted by molar-refractivity contribution is -0.122. The molecule has 2 aromatic carbocycles. The fraction of sp³-hybridized carbons (Fsp3) is 0.370. The van der Waals surface area contributed by atoms with E-state index >= 15 is 0 Å². The number of aromatic nitrogens is 2. The van der Waals surface area contributed by atoms with Gasteiger partial charge in [-0.2, -0.15) is 5.26 Å². The molecule has 1 aromatic heterocycles. The van der Waals surface area contributed by atoms with Crippen molar-refractivity contribution in [3.63, 3.8) is 0 Å². The summed E-state index contributed by atoms with van der Waals surface area (Å²) in [7, 11) is -3.20. The number of benzene rings is 2. The SMILES string of the molecule is CS(=O)(=O)CC[C@H]1CN(c2cccc(OCCF)c2)C(=O)CN1Cc1cncn1Cc1ccc(C#N)cc1. The fourth-order valence-corrected chi connectivity index (χ4v) is 5.18. The van der Waals surface area contributed by atoms with Crippen LogP contribution >= 0.6 is 0 Å². The highest BCUT2D eigenvalue weighted by Crippen LogP contribution is 2.27. The number of piperazine rings is 1. The van der Waals surface area contributed by atoms with Gasteiger partial charge in [-0.15, -0.1) is 0 Å². The van der Waals surface area contributed by atoms with Crippen molar-refractivity contribution in [3.8, 4) is 11.8 Å². The number of nitrogens with zero attached hydrogens (tertiary/aromatic N) is 5. The molecule has 9 nitrogen and oxygen atoms in total. The molecule has 1 fully saturated rings. The molecule has 4 rings (SSSR count). The van der Waals surface area contributed by atoms with Crippen LogP contribution in [0.1, 0.15) is 23.2 Å². The van der Waals surface area contributed by atoms with Crippen LogP contribution in [0.25, 0.3) is 0 Å². The third kappa shape index (κ3) is 7.18. The monoisotopic (exact) mass is 539 g/mol. The molecule has 0 aliphatic carbocycles. The van der Waals surface area contributed by atoms with E-state index in [1.807, 2.05) is 21.6 Å². The summed E-state index contributed by atoms with van der Waals surface area (Å²) in [6.45, 7) is 0.699. The molecule has 2 heterocycles. The van der Waals surface area contributed by atoms with Crippen molar-refractivity contribution in [2.45, 2.75) is 25.6 Å². The van der Waals surface area contributed by atoms with Crippen LogP contribution in [0.15, 0.2) is 61.1 Å². The molecule has 1 aliphatic heterocycles. The number of hydrogen-bond acceptors (Lipinski definition) is 7. The van der Waals surface area contributed by atoms with Crippen molar-refractivity contribution < 1.29 is 22.3 Å². The highest BCUT2D eigenvalue weighted by Gasteiger charge is 2.34. The van der Waals surface area contributed by atoms with Gasteiger partial charge in [-0.3, -0.25) is 9.69 Å². The first-order valence-electron chi connectivity index (χ1n) is 12.2. The minimum Gasteiger partial charge on any atom is -0.491 e. The molecule has 0 spiro atoms. The van der Waals surface area contributed by atoms with E-state index in [9.17, 15) is 17.6 Å². The average Bonchev–Trinajstić information content (AvgIpc) is 3.33. The third-order valence-corrected chi connectivity index (χ3v) is 7.42. The van der Waals surface area contributed by atoms with Gasteiger partial charge in [0.15, 0.2) is 0 Å². The minimum absolute atomic E-state index is 0.000348. The number of halogens is 1. The van der Waals surface area contributed by atoms with Crippen LogP contribution in [-0.2, 0) is 27.7 Å². The Labute approximate surface area is 222 Å². The quantitative estimate of drug-likeness (QED) is 0.369. The number of imidazole rings is 1. The van der Waals surface area contributed by atoms with Crippen molar-refractivity contribution in [3.05, 3.63) is 77.9 Å². The molecule has 0 saturated carbocycles. The largest absolute Gasteiger partial charge is 0.491 e. The second kappa shape index (κ2) is 12.2. The number of rotatable bonds is 11. The van der Waals surface area contributed by atoms with Crippen LogP contribution in [-0.4, -0.2) is 73.2 Å². The van der Waals surface area contributed by atoms with Crippen molar-refractivity contribution in [1.29, 1.82) is 5.26 Å². The fourth-order valence-electron chi connectivity index (χ4n) is 4.48. The molecule has 11 heteroatoms. The first-order valence-corrected chi connectivity index (χ1v) is 14.3. The number of sulfone groups is 1. The Bertz CT molecular complexity index is 1400. The predicted octanol–water partition coefficient (Wildman–Crippen LogP) is 2.80. The van der Waals surface area contributed by atoms with Gasteiger partial charge in [0.2, 0.25) is 5.91 Å². The van der Waals surface area contributed by atoms with Crippen LogP contribution < -0.4 is 9.64 Å². The van der Waals surface area contributed by atoms with E-state index in [0.717, 1.165) is 11.3 Å². The van der Waals surface area contributed by atoms with E-state index in [0.29, 0.717) is 43.1 Å². The maximum Gasteiger partial charge on any atom is 0.241 e. The van der Waals surface area contributed by atoms with Crippen molar-refractivity contribution >= 4 is 21.4 Å². The van der Waals surface area contributed by atoms with Gasteiger partial charge in [-0.05, 0) is 36.2 Å². The molecule has 1 aliphatic rings. The Hall–Kier alpha value is -3.75. The maximum atomic E-state index is 13.3. The number of ether oxygens (including phenoxy) is 1. The summed E-state index contributed by atoms with van der Waals surface area (Å²) in [6.07, 6.45) is 5.05. The summed E-state index contributed by atoms with van der Waals surface area (Å²) in [5.74, 6) is 0.344. The number of hydrogen-bond donors (Lipinski definition) is 0. The molecular weight excluding hydrogens is 509 g/mol. The van der Waals surface area contributed by atoms with Crippen LogP contribution in [0, 0.1) is 11.3 Å². The minimum atomic E-state index is -3.20. The highest BCUT2D eigenvalue weighted by molar-refractivity contribution is 7.90. The van der Waals surface area contributed by atoms with E-state index in [2.05, 4.69) is 11.1 Å². The number of anilines is 1. The molecule has 0 bridgehead atoms. The molecule has 200 valence electrons. The Balaban J connectivity index is 1.53. The molecular formula is C27H30FN5O4S. The van der Waals surface area contributed by atoms with Gasteiger partial charge in [-0.25, -0.2) is 17.8 Å². The molecule has 3 aromatic rings. The second-order valence-electron chi connectivity index (χ2n) is 9.34. The Kier molecular flexibility index (Phi) is 8.76. The topological polar surface area (TPSA) is 109 Å². The molecule has 1 atom stereocenters. The predicted molar refractivity (Wildman–Crippen MR) is 141 cm³/mol. The van der Waals surface area contributed by atoms with Crippen molar-refractivity contribution in [2.75, 3.05) is 43.3 Å². The molecule has 1 saturated heterocycles. The van der Waals surface area contributed by atoms with Crippen molar-refractivity contribution in [2.24, 2.45) is 0 Å². The summed E-state index contributed by atoms with van der Waals surface area (Å²) in [5.41, 5.74) is 3.11. The van der Waals surface area contributed by atoms with Crippen molar-refractivity contribution in [1.82, 2.24) is 14.5 Å². The van der Waals surface area contributed by atoms with Crippen LogP contribution in [0.5, 0.6) is 5.75 Å². The lowest BCUT2D eigenvalue weighted by Gasteiger charge is -2.41. The summed E-state index contributed by atoms with van der Waals surface area (Å²) >= 11 is 0. The maximum absolute atomic E-state index is 13.3. The first-order chi connectivity index (χ1) is 18.3. The zero-order chi connectivity index (χ0) is 27.1. The summed E-state index contributed by atoms with van der Waals surface area (Å²) in [5, 5.41) is 9.03. The number of alkyl halides is 1. The van der Waals surface area contributed by atoms with E-state index in [1.165, 1.54) is 6.26 Å². The van der Waals surface area contributed by atoms with E-state index in [1.54, 1.807) is 53.8 Å². The standard InChI is InChI=1S/C27H30FN5O4S/c1-38(35,36)12-9-24-18-33(23-3-2-4-26(13-23)37-11-10-28)27(34)19-31(24)17-25-15-30-20-32(25)16-22-7-5-21(14-29)6-8-22/h2-8,13,15,20,24H,9-12,16-19H2,1H3/t24-/m0/s1. The summed E-state index contributed by atoms with van der Waals surface area (Å²) < 4.78 is 43.9. The zero-order valence-corrected chi connectivity index (χ0v) is 22.0. The Morgan fingerprint density at radius 1 is 1.18 bits per heavy atom. The van der Waals surface area contributed by atoms with E-state index in [4.69, 9.17) is 10.00 Å². The first kappa shape index (κ1) is 27.3. The average molecular weight is 540 g/mol. The van der Waals surface area contributed by atoms with Gasteiger partial charge in [0.25, 0.3) is 0 Å². The number of carbonyl (C=O) groups excluding carboxylic acids is 1. The molecule has 0 N–H and O–H groups in total. The normalized spacial score (nSPS) is 16.4. The summed E-state index contributed by atoms with van der Waals surface area (Å²) in [4.78, 5) is 21.2. The van der Waals surface area contributed by atoms with Gasteiger partial charge in [0.1, 0.15) is 28.9 Å². The molecule has 38 heavy (non-hydrogen) atoms. The smallest absolute Gasteiger partial charge is 0.241 e. The second-order valence-corrected chi connectivity index (χ2v) is 11.6. The van der Waals surface area contributed by atoms with Gasteiger partial charge in [-0.1, -0.05) is 18.2 Å². The zero-order valence-electron chi connectivity index (χ0n) is 21.2. The lowest BCUT2D eigenvalue weighted by atomic mass is 10.1. The van der Waals surface area contributed by atoms with Gasteiger partial charge in [0.05, 0.1) is 36.0 Å². The molecule has 0 radical (unpaired) electrons. The third-order valence-electron chi connectivity index (χ3n) is 6.45. The highest BCUT2D eigenvalue weighted by atomic mass is 32.2. The van der Waals surface area contributed by atoms with Crippen LogP contribution in [0.3, 0.4) is 0 Å². The number of amides is 1. The Morgan fingerprint density at radius 2 is 1.97 bits per heavy atom.